The van der Waals surface area contributed by atoms with E-state index < -0.39 is 22.0 Å². The Morgan fingerprint density at radius 1 is 1.40 bits per heavy atom. The molecule has 1 aromatic carbocycles. The number of rotatable bonds is 7. The van der Waals surface area contributed by atoms with Crippen molar-refractivity contribution in [3.05, 3.63) is 40.8 Å². The molecule has 0 aliphatic rings. The van der Waals surface area contributed by atoms with E-state index in [0.717, 1.165) is 0 Å². The number of carboxylic acids is 1. The number of carbonyl (C=O) groups is 1. The number of aryl methyl sites for hydroxylation is 2. The van der Waals surface area contributed by atoms with Gasteiger partial charge in [0.1, 0.15) is 16.4 Å². The molecule has 25 heavy (non-hydrogen) atoms. The lowest BCUT2D eigenvalue weighted by atomic mass is 10.0. The zero-order valence-corrected chi connectivity index (χ0v) is 15.2. The van der Waals surface area contributed by atoms with Gasteiger partial charge in [0.15, 0.2) is 0 Å². The molecule has 8 nitrogen and oxygen atoms in total. The maximum absolute atomic E-state index is 12.8. The van der Waals surface area contributed by atoms with Crippen LogP contribution in [0.5, 0.6) is 5.75 Å². The van der Waals surface area contributed by atoms with Crippen molar-refractivity contribution in [3.8, 4) is 5.75 Å². The number of hydrogen-bond donors (Lipinski definition) is 2. The van der Waals surface area contributed by atoms with Crippen LogP contribution >= 0.6 is 0 Å². The Morgan fingerprint density at radius 2 is 2.08 bits per heavy atom. The predicted molar refractivity (Wildman–Crippen MR) is 89.3 cm³/mol. The van der Waals surface area contributed by atoms with Gasteiger partial charge in [-0.2, -0.15) is 0 Å². The first-order chi connectivity index (χ1) is 11.7. The first kappa shape index (κ1) is 18.9. The Hall–Kier alpha value is -2.39. The summed E-state index contributed by atoms with van der Waals surface area (Å²) in [6, 6.07) is 3.08. The molecule has 2 aromatic rings. The summed E-state index contributed by atoms with van der Waals surface area (Å²) in [5.74, 6) is -0.668. The lowest BCUT2D eigenvalue weighted by molar-refractivity contribution is 0.0696. The van der Waals surface area contributed by atoms with Gasteiger partial charge in [-0.05, 0) is 38.5 Å². The molecular formula is C16H20N2O6S. The van der Waals surface area contributed by atoms with Gasteiger partial charge in [0.05, 0.1) is 24.4 Å². The lowest BCUT2D eigenvalue weighted by Gasteiger charge is -2.18. The normalized spacial score (nSPS) is 12.8. The molecule has 0 spiro atoms. The molecule has 1 aromatic heterocycles. The van der Waals surface area contributed by atoms with Crippen molar-refractivity contribution in [2.24, 2.45) is 0 Å². The molecular weight excluding hydrogens is 348 g/mol. The fourth-order valence-electron chi connectivity index (χ4n) is 2.61. The van der Waals surface area contributed by atoms with Crippen molar-refractivity contribution in [2.75, 3.05) is 7.11 Å². The number of carboxylic acid groups (broad SMARTS) is 1. The Bertz CT molecular complexity index is 869. The van der Waals surface area contributed by atoms with Gasteiger partial charge in [-0.15, -0.1) is 0 Å². The molecule has 0 radical (unpaired) electrons. The summed E-state index contributed by atoms with van der Waals surface area (Å²) in [6.07, 6.45) is 0.484. The van der Waals surface area contributed by atoms with E-state index in [1.807, 2.05) is 6.92 Å². The molecule has 1 atom stereocenters. The third-order valence-corrected chi connectivity index (χ3v) is 5.35. The highest BCUT2D eigenvalue weighted by Gasteiger charge is 2.27. The summed E-state index contributed by atoms with van der Waals surface area (Å²) in [4.78, 5) is 10.9. The average molecular weight is 368 g/mol. The van der Waals surface area contributed by atoms with Crippen LogP contribution in [0.25, 0.3) is 0 Å². The number of hydrogen-bond acceptors (Lipinski definition) is 6. The van der Waals surface area contributed by atoms with E-state index in [9.17, 15) is 13.2 Å². The lowest BCUT2D eigenvalue weighted by Crippen LogP contribution is -2.29. The van der Waals surface area contributed by atoms with Gasteiger partial charge in [0, 0.05) is 5.56 Å². The quantitative estimate of drug-likeness (QED) is 0.770. The van der Waals surface area contributed by atoms with Crippen LogP contribution in [0.15, 0.2) is 27.6 Å². The third kappa shape index (κ3) is 3.83. The molecule has 0 fully saturated rings. The van der Waals surface area contributed by atoms with E-state index in [4.69, 9.17) is 14.4 Å². The fraction of sp³-hybridized carbons (Fsp3) is 0.375. The van der Waals surface area contributed by atoms with Crippen LogP contribution < -0.4 is 9.46 Å². The summed E-state index contributed by atoms with van der Waals surface area (Å²) in [7, 11) is -2.67. The standard InChI is InChI=1S/C16H20N2O6S/c1-5-12(15-9(2)17-24-10(15)3)18-25(21,22)14-7-6-11(16(19)20)8-13(14)23-4/h6-8,12,18H,5H2,1-4H3,(H,19,20). The highest BCUT2D eigenvalue weighted by molar-refractivity contribution is 7.89. The SMILES string of the molecule is CCC(NS(=O)(=O)c1ccc(C(=O)O)cc1OC)c1c(C)noc1C. The first-order valence-corrected chi connectivity index (χ1v) is 9.06. The molecule has 0 saturated heterocycles. The van der Waals surface area contributed by atoms with E-state index in [1.165, 1.54) is 25.3 Å². The maximum atomic E-state index is 12.8. The van der Waals surface area contributed by atoms with Crippen LogP contribution in [0.4, 0.5) is 0 Å². The topological polar surface area (TPSA) is 119 Å². The fourth-order valence-corrected chi connectivity index (χ4v) is 4.05. The molecule has 0 bridgehead atoms. The smallest absolute Gasteiger partial charge is 0.335 e. The largest absolute Gasteiger partial charge is 0.495 e. The maximum Gasteiger partial charge on any atom is 0.335 e. The minimum atomic E-state index is -3.95. The highest BCUT2D eigenvalue weighted by atomic mass is 32.2. The number of ether oxygens (including phenoxy) is 1. The van der Waals surface area contributed by atoms with Crippen LogP contribution in [0, 0.1) is 13.8 Å². The highest BCUT2D eigenvalue weighted by Crippen LogP contribution is 2.29. The minimum absolute atomic E-state index is 0.0407. The molecule has 2 N–H and O–H groups in total. The van der Waals surface area contributed by atoms with Gasteiger partial charge in [-0.1, -0.05) is 12.1 Å². The van der Waals surface area contributed by atoms with E-state index in [-0.39, 0.29) is 16.2 Å². The molecule has 0 aliphatic carbocycles. The number of aromatic nitrogens is 1. The molecule has 136 valence electrons. The first-order valence-electron chi connectivity index (χ1n) is 7.57. The molecule has 9 heteroatoms. The molecule has 0 aliphatic heterocycles. The number of methoxy groups -OCH3 is 1. The Morgan fingerprint density at radius 3 is 2.56 bits per heavy atom. The number of aromatic carboxylic acids is 1. The number of benzene rings is 1. The summed E-state index contributed by atoms with van der Waals surface area (Å²) < 4.78 is 38.4. The second-order valence-electron chi connectivity index (χ2n) is 5.49. The summed E-state index contributed by atoms with van der Waals surface area (Å²) >= 11 is 0. The molecule has 2 rings (SSSR count). The zero-order valence-electron chi connectivity index (χ0n) is 14.4. The molecule has 1 heterocycles. The summed E-state index contributed by atoms with van der Waals surface area (Å²) in [5.41, 5.74) is 1.24. The van der Waals surface area contributed by atoms with E-state index >= 15 is 0 Å². The Balaban J connectivity index is 2.43. The number of sulfonamides is 1. The van der Waals surface area contributed by atoms with E-state index in [1.54, 1.807) is 13.8 Å². The molecule has 1 unspecified atom stereocenters. The second-order valence-corrected chi connectivity index (χ2v) is 7.17. The van der Waals surface area contributed by atoms with Gasteiger partial charge in [0.25, 0.3) is 0 Å². The van der Waals surface area contributed by atoms with E-state index in [0.29, 0.717) is 23.4 Å². The van der Waals surface area contributed by atoms with Crippen LogP contribution in [0.3, 0.4) is 0 Å². The monoisotopic (exact) mass is 368 g/mol. The second kappa shape index (κ2) is 7.24. The van der Waals surface area contributed by atoms with Gasteiger partial charge in [-0.25, -0.2) is 17.9 Å². The zero-order chi connectivity index (χ0) is 18.8. The van der Waals surface area contributed by atoms with E-state index in [2.05, 4.69) is 9.88 Å². The van der Waals surface area contributed by atoms with Gasteiger partial charge < -0.3 is 14.4 Å². The summed E-state index contributed by atoms with van der Waals surface area (Å²) in [5, 5.41) is 12.9. The van der Waals surface area contributed by atoms with Crippen molar-refractivity contribution >= 4 is 16.0 Å². The Labute approximate surface area is 145 Å². The Kier molecular flexibility index (Phi) is 5.48. The van der Waals surface area contributed by atoms with Gasteiger partial charge >= 0.3 is 5.97 Å². The number of nitrogens with one attached hydrogen (secondary N) is 1. The van der Waals surface area contributed by atoms with Crippen molar-refractivity contribution in [3.63, 3.8) is 0 Å². The minimum Gasteiger partial charge on any atom is -0.495 e. The van der Waals surface area contributed by atoms with Gasteiger partial charge in [-0.3, -0.25) is 0 Å². The van der Waals surface area contributed by atoms with Gasteiger partial charge in [0.2, 0.25) is 10.0 Å². The third-order valence-electron chi connectivity index (χ3n) is 3.84. The van der Waals surface area contributed by atoms with Crippen molar-refractivity contribution in [2.45, 2.75) is 38.1 Å². The van der Waals surface area contributed by atoms with Crippen LogP contribution in [0.1, 0.15) is 46.8 Å². The number of nitrogens with zero attached hydrogens (tertiary/aromatic N) is 1. The summed E-state index contributed by atoms with van der Waals surface area (Å²) in [6.45, 7) is 5.30. The predicted octanol–water partition coefficient (Wildman–Crippen LogP) is 2.43. The van der Waals surface area contributed by atoms with Crippen LogP contribution in [-0.4, -0.2) is 31.8 Å². The van der Waals surface area contributed by atoms with Crippen LogP contribution in [0.2, 0.25) is 0 Å². The van der Waals surface area contributed by atoms with Crippen molar-refractivity contribution < 1.29 is 27.6 Å². The molecule has 0 saturated carbocycles. The van der Waals surface area contributed by atoms with Crippen molar-refractivity contribution in [1.29, 1.82) is 0 Å². The average Bonchev–Trinajstić information content (AvgIpc) is 2.90. The van der Waals surface area contributed by atoms with Crippen molar-refractivity contribution in [1.82, 2.24) is 9.88 Å². The molecule has 0 amide bonds. The van der Waals surface area contributed by atoms with Crippen LogP contribution in [-0.2, 0) is 10.0 Å².